The zero-order valence-electron chi connectivity index (χ0n) is 14.3. The van der Waals surface area contributed by atoms with Crippen LogP contribution in [0.15, 0.2) is 73.8 Å². The van der Waals surface area contributed by atoms with Crippen LogP contribution in [0.5, 0.6) is 5.75 Å². The Morgan fingerprint density at radius 2 is 1.85 bits per heavy atom. The monoisotopic (exact) mass is 348 g/mol. The molecule has 3 aromatic rings. The van der Waals surface area contributed by atoms with Crippen molar-refractivity contribution in [2.45, 2.75) is 13.1 Å². The van der Waals surface area contributed by atoms with Crippen molar-refractivity contribution < 1.29 is 9.53 Å². The van der Waals surface area contributed by atoms with Crippen LogP contribution < -0.4 is 10.1 Å². The smallest absolute Gasteiger partial charge is 0.251 e. The normalized spacial score (nSPS) is 10.3. The van der Waals surface area contributed by atoms with E-state index in [0.29, 0.717) is 31.0 Å². The van der Waals surface area contributed by atoms with Crippen molar-refractivity contribution in [1.29, 1.82) is 0 Å². The van der Waals surface area contributed by atoms with E-state index in [1.54, 1.807) is 41.4 Å². The molecular weight excluding hydrogens is 328 g/mol. The molecule has 0 unspecified atom stereocenters. The summed E-state index contributed by atoms with van der Waals surface area (Å²) in [6.45, 7) is 5.19. The minimum atomic E-state index is -0.119. The molecule has 1 amide bonds. The van der Waals surface area contributed by atoms with Crippen LogP contribution >= 0.6 is 0 Å². The Bertz CT molecular complexity index is 841. The van der Waals surface area contributed by atoms with Crippen LogP contribution in [0.4, 0.5) is 0 Å². The molecule has 0 saturated carbocycles. The highest BCUT2D eigenvalue weighted by Gasteiger charge is 2.06. The van der Waals surface area contributed by atoms with Gasteiger partial charge >= 0.3 is 0 Å². The Labute approximate surface area is 152 Å². The van der Waals surface area contributed by atoms with E-state index in [1.807, 2.05) is 24.3 Å². The Balaban J connectivity index is 1.51. The van der Waals surface area contributed by atoms with Crippen molar-refractivity contribution in [1.82, 2.24) is 20.1 Å². The number of rotatable bonds is 8. The van der Waals surface area contributed by atoms with Crippen molar-refractivity contribution in [3.05, 3.63) is 90.5 Å². The standard InChI is InChI=1S/C20H20N4O2/c1-2-11-26-19-9-7-18(8-10-19)20(25)22-12-16-3-5-17(6-4-16)13-24-15-21-14-23-24/h2-10,14-15H,1,11-13H2,(H,22,25). The fourth-order valence-corrected chi connectivity index (χ4v) is 2.41. The average Bonchev–Trinajstić information content (AvgIpc) is 3.19. The lowest BCUT2D eigenvalue weighted by molar-refractivity contribution is 0.0951. The molecule has 1 heterocycles. The zero-order chi connectivity index (χ0) is 18.2. The molecule has 3 rings (SSSR count). The second-order valence-corrected chi connectivity index (χ2v) is 5.72. The van der Waals surface area contributed by atoms with Crippen LogP contribution in [-0.4, -0.2) is 27.3 Å². The molecule has 0 radical (unpaired) electrons. The Hall–Kier alpha value is -3.41. The molecule has 0 spiro atoms. The van der Waals surface area contributed by atoms with Crippen LogP contribution in [0.3, 0.4) is 0 Å². The van der Waals surface area contributed by atoms with Crippen molar-refractivity contribution in [2.75, 3.05) is 6.61 Å². The number of carbonyl (C=O) groups excluding carboxylic acids is 1. The summed E-state index contributed by atoms with van der Waals surface area (Å²) in [4.78, 5) is 16.2. The number of ether oxygens (including phenoxy) is 1. The van der Waals surface area contributed by atoms with Gasteiger partial charge in [-0.1, -0.05) is 36.9 Å². The lowest BCUT2D eigenvalue weighted by Gasteiger charge is -2.08. The maximum absolute atomic E-state index is 12.2. The number of aromatic nitrogens is 3. The molecule has 6 heteroatoms. The number of nitrogens with zero attached hydrogens (tertiary/aromatic N) is 3. The summed E-state index contributed by atoms with van der Waals surface area (Å²) in [5, 5.41) is 7.00. The average molecular weight is 348 g/mol. The van der Waals surface area contributed by atoms with E-state index in [2.05, 4.69) is 22.0 Å². The van der Waals surface area contributed by atoms with Crippen LogP contribution in [0, 0.1) is 0 Å². The third kappa shape index (κ3) is 4.80. The maximum atomic E-state index is 12.2. The molecule has 26 heavy (non-hydrogen) atoms. The van der Waals surface area contributed by atoms with Gasteiger partial charge in [-0.05, 0) is 35.4 Å². The minimum absolute atomic E-state index is 0.119. The number of hydrogen-bond donors (Lipinski definition) is 1. The molecule has 132 valence electrons. The lowest BCUT2D eigenvalue weighted by atomic mass is 10.1. The molecule has 0 saturated heterocycles. The van der Waals surface area contributed by atoms with Crippen LogP contribution in [0.25, 0.3) is 0 Å². The van der Waals surface area contributed by atoms with E-state index >= 15 is 0 Å². The third-order valence-electron chi connectivity index (χ3n) is 3.77. The molecule has 6 nitrogen and oxygen atoms in total. The Morgan fingerprint density at radius 1 is 1.12 bits per heavy atom. The van der Waals surface area contributed by atoms with E-state index in [1.165, 1.54) is 6.33 Å². The highest BCUT2D eigenvalue weighted by molar-refractivity contribution is 5.94. The molecule has 1 N–H and O–H groups in total. The second kappa shape index (κ2) is 8.62. The van der Waals surface area contributed by atoms with Gasteiger partial charge in [-0.2, -0.15) is 5.10 Å². The molecular formula is C20H20N4O2. The van der Waals surface area contributed by atoms with E-state index in [0.717, 1.165) is 11.1 Å². The van der Waals surface area contributed by atoms with Gasteiger partial charge in [0.2, 0.25) is 0 Å². The molecule has 0 atom stereocenters. The summed E-state index contributed by atoms with van der Waals surface area (Å²) in [5.74, 6) is 0.594. The quantitative estimate of drug-likeness (QED) is 0.636. The first-order chi connectivity index (χ1) is 12.7. The van der Waals surface area contributed by atoms with Crippen LogP contribution in [0.1, 0.15) is 21.5 Å². The summed E-state index contributed by atoms with van der Waals surface area (Å²) in [6.07, 6.45) is 4.88. The minimum Gasteiger partial charge on any atom is -0.490 e. The van der Waals surface area contributed by atoms with Gasteiger partial charge in [0.1, 0.15) is 25.0 Å². The van der Waals surface area contributed by atoms with E-state index in [9.17, 15) is 4.79 Å². The van der Waals surface area contributed by atoms with Gasteiger partial charge in [-0.3, -0.25) is 4.79 Å². The second-order valence-electron chi connectivity index (χ2n) is 5.72. The molecule has 2 aromatic carbocycles. The first-order valence-corrected chi connectivity index (χ1v) is 8.27. The largest absolute Gasteiger partial charge is 0.490 e. The Morgan fingerprint density at radius 3 is 2.50 bits per heavy atom. The van der Waals surface area contributed by atoms with Gasteiger partial charge in [0.15, 0.2) is 0 Å². The van der Waals surface area contributed by atoms with Crippen molar-refractivity contribution in [2.24, 2.45) is 0 Å². The molecule has 0 aliphatic carbocycles. The highest BCUT2D eigenvalue weighted by Crippen LogP contribution is 2.12. The summed E-state index contributed by atoms with van der Waals surface area (Å²) in [6, 6.07) is 15.1. The number of benzene rings is 2. The number of hydrogen-bond acceptors (Lipinski definition) is 4. The van der Waals surface area contributed by atoms with Gasteiger partial charge in [-0.25, -0.2) is 9.67 Å². The molecule has 1 aromatic heterocycles. The fraction of sp³-hybridized carbons (Fsp3) is 0.150. The van der Waals surface area contributed by atoms with Gasteiger partial charge < -0.3 is 10.1 Å². The predicted molar refractivity (Wildman–Crippen MR) is 98.9 cm³/mol. The van der Waals surface area contributed by atoms with Gasteiger partial charge in [0, 0.05) is 12.1 Å². The van der Waals surface area contributed by atoms with Gasteiger partial charge in [0.05, 0.1) is 6.54 Å². The van der Waals surface area contributed by atoms with E-state index in [-0.39, 0.29) is 5.91 Å². The molecule has 0 aliphatic rings. The van der Waals surface area contributed by atoms with Crippen LogP contribution in [-0.2, 0) is 13.1 Å². The topological polar surface area (TPSA) is 69.0 Å². The zero-order valence-corrected chi connectivity index (χ0v) is 14.3. The SMILES string of the molecule is C=CCOc1ccc(C(=O)NCc2ccc(Cn3cncn3)cc2)cc1. The van der Waals surface area contributed by atoms with Crippen molar-refractivity contribution in [3.63, 3.8) is 0 Å². The van der Waals surface area contributed by atoms with Crippen molar-refractivity contribution >= 4 is 5.91 Å². The van der Waals surface area contributed by atoms with Crippen LogP contribution in [0.2, 0.25) is 0 Å². The predicted octanol–water partition coefficient (Wildman–Crippen LogP) is 2.82. The third-order valence-corrected chi connectivity index (χ3v) is 3.77. The maximum Gasteiger partial charge on any atom is 0.251 e. The molecule has 0 fully saturated rings. The van der Waals surface area contributed by atoms with Crippen molar-refractivity contribution in [3.8, 4) is 5.75 Å². The first-order valence-electron chi connectivity index (χ1n) is 8.27. The van der Waals surface area contributed by atoms with E-state index in [4.69, 9.17) is 4.74 Å². The molecule has 0 aliphatic heterocycles. The number of carbonyl (C=O) groups is 1. The fourth-order valence-electron chi connectivity index (χ4n) is 2.41. The van der Waals surface area contributed by atoms with E-state index < -0.39 is 0 Å². The summed E-state index contributed by atoms with van der Waals surface area (Å²) >= 11 is 0. The first kappa shape index (κ1) is 17.4. The summed E-state index contributed by atoms with van der Waals surface area (Å²) in [7, 11) is 0. The summed E-state index contributed by atoms with van der Waals surface area (Å²) < 4.78 is 7.17. The number of nitrogens with one attached hydrogen (secondary N) is 1. The Kier molecular flexibility index (Phi) is 5.77. The highest BCUT2D eigenvalue weighted by atomic mass is 16.5. The lowest BCUT2D eigenvalue weighted by Crippen LogP contribution is -2.22. The van der Waals surface area contributed by atoms with Gasteiger partial charge in [0.25, 0.3) is 5.91 Å². The molecule has 0 bridgehead atoms. The number of amides is 1. The van der Waals surface area contributed by atoms with Gasteiger partial charge in [-0.15, -0.1) is 0 Å². The summed E-state index contributed by atoms with van der Waals surface area (Å²) in [5.41, 5.74) is 2.76.